The quantitative estimate of drug-likeness (QED) is 0.786. The largest absolute Gasteiger partial charge is 0.466 e. The third-order valence-corrected chi connectivity index (χ3v) is 4.12. The van der Waals surface area contributed by atoms with Gasteiger partial charge in [0.1, 0.15) is 5.69 Å². The van der Waals surface area contributed by atoms with Crippen LogP contribution in [0, 0.1) is 5.92 Å². The van der Waals surface area contributed by atoms with Gasteiger partial charge >= 0.3 is 5.97 Å². The Morgan fingerprint density at radius 2 is 2.21 bits per heavy atom. The Hall–Kier alpha value is -2.34. The summed E-state index contributed by atoms with van der Waals surface area (Å²) in [6.45, 7) is 4.69. The molecule has 1 aliphatic heterocycles. The van der Waals surface area contributed by atoms with Gasteiger partial charge < -0.3 is 4.74 Å². The summed E-state index contributed by atoms with van der Waals surface area (Å²) in [4.78, 5) is 27.4. The minimum atomic E-state index is -0.0842. The Labute approximate surface area is 141 Å². The zero-order valence-electron chi connectivity index (χ0n) is 13.9. The van der Waals surface area contributed by atoms with Crippen molar-refractivity contribution < 1.29 is 9.53 Å². The van der Waals surface area contributed by atoms with Crippen molar-refractivity contribution in [2.75, 3.05) is 19.7 Å². The van der Waals surface area contributed by atoms with E-state index in [1.807, 2.05) is 31.2 Å². The van der Waals surface area contributed by atoms with Gasteiger partial charge in [0.15, 0.2) is 5.82 Å². The highest BCUT2D eigenvalue weighted by Gasteiger charge is 2.27. The van der Waals surface area contributed by atoms with Crippen LogP contribution in [-0.2, 0) is 16.1 Å². The van der Waals surface area contributed by atoms with Crippen molar-refractivity contribution in [3.63, 3.8) is 0 Å². The molecule has 0 saturated carbocycles. The first kappa shape index (κ1) is 16.5. The number of likely N-dealkylation sites (tertiary alicyclic amines) is 1. The number of nitrogens with zero attached hydrogens (tertiary/aromatic N) is 4. The Bertz CT molecular complexity index is 678. The number of carbonyl (C=O) groups excluding carboxylic acids is 1. The van der Waals surface area contributed by atoms with E-state index in [0.29, 0.717) is 19.0 Å². The summed E-state index contributed by atoms with van der Waals surface area (Å²) in [6, 6.07) is 7.61. The topological polar surface area (TPSA) is 68.2 Å². The number of rotatable bonds is 5. The van der Waals surface area contributed by atoms with E-state index in [1.165, 1.54) is 0 Å². The smallest absolute Gasteiger partial charge is 0.310 e. The van der Waals surface area contributed by atoms with Crippen molar-refractivity contribution in [2.45, 2.75) is 26.3 Å². The lowest BCUT2D eigenvalue weighted by Gasteiger charge is -2.31. The maximum atomic E-state index is 12.0. The minimum absolute atomic E-state index is 0.0317. The molecular weight excluding hydrogens is 304 g/mol. The van der Waals surface area contributed by atoms with Crippen molar-refractivity contribution in [1.29, 1.82) is 0 Å². The van der Waals surface area contributed by atoms with E-state index < -0.39 is 0 Å². The van der Waals surface area contributed by atoms with E-state index in [-0.39, 0.29) is 11.9 Å². The molecule has 3 heterocycles. The van der Waals surface area contributed by atoms with Crippen LogP contribution >= 0.6 is 0 Å². The van der Waals surface area contributed by atoms with E-state index in [1.54, 1.807) is 12.4 Å². The van der Waals surface area contributed by atoms with E-state index >= 15 is 0 Å². The number of piperidine rings is 1. The van der Waals surface area contributed by atoms with Crippen LogP contribution in [0.1, 0.15) is 25.5 Å². The number of hydrogen-bond acceptors (Lipinski definition) is 6. The van der Waals surface area contributed by atoms with Gasteiger partial charge in [-0.05, 0) is 44.5 Å². The van der Waals surface area contributed by atoms with Crippen LogP contribution in [-0.4, -0.2) is 45.5 Å². The Balaban J connectivity index is 1.66. The molecule has 1 saturated heterocycles. The van der Waals surface area contributed by atoms with E-state index in [0.717, 1.165) is 37.3 Å². The molecule has 2 aromatic heterocycles. The van der Waals surface area contributed by atoms with Crippen molar-refractivity contribution >= 4 is 5.97 Å². The highest BCUT2D eigenvalue weighted by molar-refractivity contribution is 5.72. The van der Waals surface area contributed by atoms with Crippen LogP contribution in [0.2, 0.25) is 0 Å². The lowest BCUT2D eigenvalue weighted by molar-refractivity contribution is -0.150. The molecule has 1 aliphatic rings. The van der Waals surface area contributed by atoms with Gasteiger partial charge in [0, 0.05) is 25.5 Å². The number of hydrogen-bond donors (Lipinski definition) is 0. The number of aromatic nitrogens is 3. The number of ether oxygens (including phenoxy) is 1. The molecule has 1 atom stereocenters. The molecule has 126 valence electrons. The molecule has 1 fully saturated rings. The fraction of sp³-hybridized carbons (Fsp3) is 0.444. The summed E-state index contributed by atoms with van der Waals surface area (Å²) in [6.07, 6.45) is 5.40. The van der Waals surface area contributed by atoms with Crippen LogP contribution in [0.4, 0.5) is 0 Å². The maximum absolute atomic E-state index is 12.0. The molecule has 3 rings (SSSR count). The Morgan fingerprint density at radius 3 is 3.00 bits per heavy atom. The summed E-state index contributed by atoms with van der Waals surface area (Å²) in [5.74, 6) is 0.516. The molecule has 0 aromatic carbocycles. The van der Waals surface area contributed by atoms with E-state index in [4.69, 9.17) is 4.74 Å². The first-order valence-electron chi connectivity index (χ1n) is 8.38. The van der Waals surface area contributed by atoms with E-state index in [2.05, 4.69) is 19.9 Å². The van der Waals surface area contributed by atoms with Crippen molar-refractivity contribution in [3.05, 3.63) is 42.4 Å². The number of esters is 1. The third kappa shape index (κ3) is 4.14. The predicted molar refractivity (Wildman–Crippen MR) is 89.9 cm³/mol. The number of carbonyl (C=O) groups is 1. The summed E-state index contributed by atoms with van der Waals surface area (Å²) < 4.78 is 5.16. The van der Waals surface area contributed by atoms with Gasteiger partial charge in [-0.3, -0.25) is 14.7 Å². The van der Waals surface area contributed by atoms with Crippen LogP contribution < -0.4 is 0 Å². The molecule has 0 aliphatic carbocycles. The highest BCUT2D eigenvalue weighted by Crippen LogP contribution is 2.20. The molecule has 24 heavy (non-hydrogen) atoms. The lowest BCUT2D eigenvalue weighted by Crippen LogP contribution is -2.39. The summed E-state index contributed by atoms with van der Waals surface area (Å²) in [5, 5.41) is 0. The summed E-state index contributed by atoms with van der Waals surface area (Å²) >= 11 is 0. The van der Waals surface area contributed by atoms with Gasteiger partial charge in [0.25, 0.3) is 0 Å². The summed E-state index contributed by atoms with van der Waals surface area (Å²) in [7, 11) is 0. The van der Waals surface area contributed by atoms with Gasteiger partial charge in [-0.1, -0.05) is 6.07 Å². The molecule has 6 nitrogen and oxygen atoms in total. The van der Waals surface area contributed by atoms with Gasteiger partial charge in [0.2, 0.25) is 0 Å². The first-order chi connectivity index (χ1) is 11.8. The summed E-state index contributed by atoms with van der Waals surface area (Å²) in [5.41, 5.74) is 1.71. The predicted octanol–water partition coefficient (Wildman–Crippen LogP) is 2.31. The number of pyridine rings is 1. The zero-order chi connectivity index (χ0) is 16.8. The average Bonchev–Trinajstić information content (AvgIpc) is 2.63. The second-order valence-electron chi connectivity index (χ2n) is 5.91. The van der Waals surface area contributed by atoms with E-state index in [9.17, 15) is 4.79 Å². The first-order valence-corrected chi connectivity index (χ1v) is 8.38. The van der Waals surface area contributed by atoms with Crippen molar-refractivity contribution in [3.8, 4) is 11.5 Å². The van der Waals surface area contributed by atoms with Crippen LogP contribution in [0.25, 0.3) is 11.5 Å². The average molecular weight is 326 g/mol. The van der Waals surface area contributed by atoms with Crippen molar-refractivity contribution in [2.24, 2.45) is 5.92 Å². The molecule has 2 aromatic rings. The fourth-order valence-electron chi connectivity index (χ4n) is 2.98. The van der Waals surface area contributed by atoms with Crippen LogP contribution in [0.3, 0.4) is 0 Å². The third-order valence-electron chi connectivity index (χ3n) is 4.12. The maximum Gasteiger partial charge on any atom is 0.310 e. The standard InChI is InChI=1S/C18H22N4O2/c1-2-24-18(23)14-6-5-11-22(12-14)13-15-8-10-20-17(21-15)16-7-3-4-9-19-16/h3-4,7-10,14H,2,5-6,11-13H2,1H3/t14-/m0/s1. The molecule has 0 radical (unpaired) electrons. The monoisotopic (exact) mass is 326 g/mol. The molecule has 0 spiro atoms. The highest BCUT2D eigenvalue weighted by atomic mass is 16.5. The van der Waals surface area contributed by atoms with Gasteiger partial charge in [-0.2, -0.15) is 0 Å². The minimum Gasteiger partial charge on any atom is -0.466 e. The second kappa shape index (κ2) is 7.97. The Morgan fingerprint density at radius 1 is 1.29 bits per heavy atom. The zero-order valence-corrected chi connectivity index (χ0v) is 13.9. The molecule has 0 unspecified atom stereocenters. The van der Waals surface area contributed by atoms with Crippen LogP contribution in [0.15, 0.2) is 36.7 Å². The lowest BCUT2D eigenvalue weighted by atomic mass is 9.98. The van der Waals surface area contributed by atoms with Gasteiger partial charge in [0.05, 0.1) is 18.2 Å². The molecule has 0 amide bonds. The van der Waals surface area contributed by atoms with Gasteiger partial charge in [-0.25, -0.2) is 9.97 Å². The van der Waals surface area contributed by atoms with Crippen LogP contribution in [0.5, 0.6) is 0 Å². The van der Waals surface area contributed by atoms with Gasteiger partial charge in [-0.15, -0.1) is 0 Å². The molecule has 0 N–H and O–H groups in total. The second-order valence-corrected chi connectivity index (χ2v) is 5.91. The Kier molecular flexibility index (Phi) is 5.48. The molecular formula is C18H22N4O2. The fourth-order valence-corrected chi connectivity index (χ4v) is 2.98. The normalized spacial score (nSPS) is 18.3. The molecule has 0 bridgehead atoms. The SMILES string of the molecule is CCOC(=O)[C@H]1CCCN(Cc2ccnc(-c3ccccn3)n2)C1. The molecule has 6 heteroatoms. The van der Waals surface area contributed by atoms with Crippen molar-refractivity contribution in [1.82, 2.24) is 19.9 Å².